The van der Waals surface area contributed by atoms with Gasteiger partial charge < -0.3 is 15.5 Å². The third-order valence-electron chi connectivity index (χ3n) is 5.01. The molecule has 0 saturated carbocycles. The third kappa shape index (κ3) is 4.31. The first-order valence-corrected chi connectivity index (χ1v) is 10.8. The van der Waals surface area contributed by atoms with E-state index in [0.29, 0.717) is 18.1 Å². The summed E-state index contributed by atoms with van der Waals surface area (Å²) in [5.41, 5.74) is 2.98. The molecular weight excluding hydrogens is 400 g/mol. The quantitative estimate of drug-likeness (QED) is 0.575. The van der Waals surface area contributed by atoms with E-state index in [1.165, 1.54) is 10.4 Å². The highest BCUT2D eigenvalue weighted by atomic mass is 32.1. The molecule has 0 spiro atoms. The average molecular weight is 423 g/mol. The average Bonchev–Trinajstić information content (AvgIpc) is 3.30. The second-order valence-electron chi connectivity index (χ2n) is 6.95. The Kier molecular flexibility index (Phi) is 5.87. The molecule has 7 heteroatoms. The van der Waals surface area contributed by atoms with E-state index in [1.807, 2.05) is 48.5 Å². The van der Waals surface area contributed by atoms with Crippen molar-refractivity contribution in [1.82, 2.24) is 15.2 Å². The van der Waals surface area contributed by atoms with E-state index in [2.05, 4.69) is 38.9 Å². The fraction of sp³-hybridized carbons (Fsp3) is 0.227. The van der Waals surface area contributed by atoms with Crippen molar-refractivity contribution in [2.24, 2.45) is 0 Å². The van der Waals surface area contributed by atoms with Gasteiger partial charge in [0.2, 0.25) is 5.91 Å². The number of aryl methyl sites for hydroxylation is 1. The van der Waals surface area contributed by atoms with Crippen LogP contribution in [0.15, 0.2) is 66.2 Å². The predicted octanol–water partition coefficient (Wildman–Crippen LogP) is 4.45. The van der Waals surface area contributed by atoms with E-state index < -0.39 is 0 Å². The molecule has 1 saturated heterocycles. The van der Waals surface area contributed by atoms with Gasteiger partial charge in [-0.25, -0.2) is 0 Å². The van der Waals surface area contributed by atoms with Gasteiger partial charge in [0.05, 0.1) is 17.8 Å². The normalized spacial score (nSPS) is 18.5. The molecule has 1 aliphatic heterocycles. The predicted molar refractivity (Wildman–Crippen MR) is 121 cm³/mol. The minimum Gasteiger partial charge on any atom is -0.352 e. The Bertz CT molecular complexity index is 990. The van der Waals surface area contributed by atoms with Gasteiger partial charge in [-0.1, -0.05) is 24.3 Å². The van der Waals surface area contributed by atoms with Crippen LogP contribution in [0.3, 0.4) is 0 Å². The number of aromatic nitrogens is 1. The lowest BCUT2D eigenvalue weighted by molar-refractivity contribution is -0.116. The summed E-state index contributed by atoms with van der Waals surface area (Å²) in [5, 5.41) is 9.13. The molecule has 1 fully saturated rings. The zero-order chi connectivity index (χ0) is 20.2. The number of hydrogen-bond acceptors (Lipinski definition) is 4. The lowest BCUT2D eigenvalue weighted by Crippen LogP contribution is -2.32. The fourth-order valence-corrected chi connectivity index (χ4v) is 4.99. The largest absolute Gasteiger partial charge is 0.352 e. The Balaban J connectivity index is 1.53. The highest BCUT2D eigenvalue weighted by molar-refractivity contribution is 7.80. The zero-order valence-corrected chi connectivity index (χ0v) is 17.7. The molecule has 2 aromatic heterocycles. The van der Waals surface area contributed by atoms with E-state index in [-0.39, 0.29) is 18.0 Å². The maximum atomic E-state index is 12.5. The van der Waals surface area contributed by atoms with Gasteiger partial charge in [-0.15, -0.1) is 11.3 Å². The maximum Gasteiger partial charge on any atom is 0.226 e. The van der Waals surface area contributed by atoms with Crippen LogP contribution in [0.5, 0.6) is 0 Å². The number of rotatable bonds is 6. The molecule has 5 nitrogen and oxygen atoms in total. The first kappa shape index (κ1) is 19.5. The molecule has 0 radical (unpaired) electrons. The lowest BCUT2D eigenvalue weighted by atomic mass is 10.0. The number of nitrogens with one attached hydrogen (secondary N) is 2. The number of para-hydroxylation sites is 1. The van der Waals surface area contributed by atoms with Crippen LogP contribution < -0.4 is 10.6 Å². The molecule has 0 bridgehead atoms. The van der Waals surface area contributed by atoms with Gasteiger partial charge in [0.1, 0.15) is 0 Å². The molecule has 0 unspecified atom stereocenters. The molecule has 148 valence electrons. The van der Waals surface area contributed by atoms with Gasteiger partial charge in [-0.3, -0.25) is 9.78 Å². The van der Waals surface area contributed by atoms with Crippen LogP contribution in [0.4, 0.5) is 5.69 Å². The summed E-state index contributed by atoms with van der Waals surface area (Å²) >= 11 is 7.37. The van der Waals surface area contributed by atoms with Gasteiger partial charge in [0, 0.05) is 29.7 Å². The minimum absolute atomic E-state index is 0.0157. The van der Waals surface area contributed by atoms with Crippen LogP contribution in [-0.4, -0.2) is 27.4 Å². The molecular formula is C22H22N4OS2. The van der Waals surface area contributed by atoms with Crippen LogP contribution in [0, 0.1) is 6.92 Å². The molecule has 1 aliphatic rings. The van der Waals surface area contributed by atoms with Gasteiger partial charge >= 0.3 is 0 Å². The number of benzene rings is 1. The molecule has 3 heterocycles. The molecule has 0 aliphatic carbocycles. The fourth-order valence-electron chi connectivity index (χ4n) is 3.58. The minimum atomic E-state index is -0.0433. The number of nitrogens with zero attached hydrogens (tertiary/aromatic N) is 2. The van der Waals surface area contributed by atoms with Crippen LogP contribution in [0.1, 0.15) is 34.6 Å². The van der Waals surface area contributed by atoms with Crippen molar-refractivity contribution in [1.29, 1.82) is 0 Å². The van der Waals surface area contributed by atoms with E-state index in [1.54, 1.807) is 17.5 Å². The highest BCUT2D eigenvalue weighted by Crippen LogP contribution is 2.41. The van der Waals surface area contributed by atoms with Crippen LogP contribution in [-0.2, 0) is 4.79 Å². The smallest absolute Gasteiger partial charge is 0.226 e. The van der Waals surface area contributed by atoms with Crippen molar-refractivity contribution in [2.75, 3.05) is 11.9 Å². The van der Waals surface area contributed by atoms with E-state index in [9.17, 15) is 4.79 Å². The van der Waals surface area contributed by atoms with Gasteiger partial charge in [0.15, 0.2) is 5.11 Å². The van der Waals surface area contributed by atoms with Gasteiger partial charge in [-0.2, -0.15) is 0 Å². The van der Waals surface area contributed by atoms with Gasteiger partial charge in [0.25, 0.3) is 0 Å². The first-order chi connectivity index (χ1) is 14.1. The second kappa shape index (κ2) is 8.71. The number of hydrogen-bond donors (Lipinski definition) is 2. The second-order valence-corrected chi connectivity index (χ2v) is 8.29. The first-order valence-electron chi connectivity index (χ1n) is 9.50. The standard InChI is InChI=1S/C22H22N4OS2/c1-15-11-14-29-21(15)20-19(17-9-5-6-12-23-17)25-22(28)26(20)13-10-18(27)24-16-7-3-2-4-8-16/h2-9,11-12,14,19-20H,10,13H2,1H3,(H,24,27)(H,25,28)/t19-,20-/m0/s1. The molecule has 3 aromatic rings. The van der Waals surface area contributed by atoms with Crippen molar-refractivity contribution >= 4 is 40.3 Å². The topological polar surface area (TPSA) is 57.3 Å². The van der Waals surface area contributed by atoms with Crippen molar-refractivity contribution in [3.05, 3.63) is 82.3 Å². The molecule has 4 rings (SSSR count). The van der Waals surface area contributed by atoms with Crippen LogP contribution in [0.2, 0.25) is 0 Å². The molecule has 2 N–H and O–H groups in total. The molecule has 1 amide bonds. The Labute approximate surface area is 179 Å². The summed E-state index contributed by atoms with van der Waals surface area (Å²) in [6, 6.07) is 17.5. The van der Waals surface area contributed by atoms with E-state index in [4.69, 9.17) is 12.2 Å². The van der Waals surface area contributed by atoms with Crippen molar-refractivity contribution in [2.45, 2.75) is 25.4 Å². The number of thiocarbonyl (C=S) groups is 1. The number of thiophene rings is 1. The molecule has 29 heavy (non-hydrogen) atoms. The van der Waals surface area contributed by atoms with Crippen LogP contribution in [0.25, 0.3) is 0 Å². The summed E-state index contributed by atoms with van der Waals surface area (Å²) in [7, 11) is 0. The number of anilines is 1. The number of pyridine rings is 1. The van der Waals surface area contributed by atoms with Crippen LogP contribution >= 0.6 is 23.6 Å². The van der Waals surface area contributed by atoms with Crippen molar-refractivity contribution < 1.29 is 4.79 Å². The Hall–Kier alpha value is -2.77. The summed E-state index contributed by atoms with van der Waals surface area (Å²) in [4.78, 5) is 20.4. The summed E-state index contributed by atoms with van der Waals surface area (Å²) in [6.07, 6.45) is 2.15. The Morgan fingerprint density at radius 1 is 1.21 bits per heavy atom. The Morgan fingerprint density at radius 3 is 2.69 bits per heavy atom. The third-order valence-corrected chi connectivity index (χ3v) is 6.45. The maximum absolute atomic E-state index is 12.5. The summed E-state index contributed by atoms with van der Waals surface area (Å²) in [6.45, 7) is 2.65. The zero-order valence-electron chi connectivity index (χ0n) is 16.0. The number of amides is 1. The van der Waals surface area contributed by atoms with Crippen molar-refractivity contribution in [3.63, 3.8) is 0 Å². The van der Waals surface area contributed by atoms with Crippen molar-refractivity contribution in [3.8, 4) is 0 Å². The number of carbonyl (C=O) groups is 1. The van der Waals surface area contributed by atoms with E-state index in [0.717, 1.165) is 11.4 Å². The van der Waals surface area contributed by atoms with Gasteiger partial charge in [-0.05, 0) is 60.4 Å². The summed E-state index contributed by atoms with van der Waals surface area (Å²) < 4.78 is 0. The molecule has 2 atom stereocenters. The molecule has 1 aromatic carbocycles. The Morgan fingerprint density at radius 2 is 2.00 bits per heavy atom. The summed E-state index contributed by atoms with van der Waals surface area (Å²) in [5.74, 6) is -0.0260. The highest BCUT2D eigenvalue weighted by Gasteiger charge is 2.40. The SMILES string of the molecule is Cc1ccsc1[C@@H]1[C@H](c2ccccn2)NC(=S)N1CCC(=O)Nc1ccccc1. The number of carbonyl (C=O) groups excluding carboxylic acids is 1. The monoisotopic (exact) mass is 422 g/mol. The lowest BCUT2D eigenvalue weighted by Gasteiger charge is -2.27. The van der Waals surface area contributed by atoms with E-state index >= 15 is 0 Å².